The molecule has 0 aromatic heterocycles. The van der Waals surface area contributed by atoms with Gasteiger partial charge in [-0.15, -0.1) is 0 Å². The topological polar surface area (TPSA) is 110 Å². The summed E-state index contributed by atoms with van der Waals surface area (Å²) in [5, 5.41) is 13.5. The van der Waals surface area contributed by atoms with Gasteiger partial charge in [0.05, 0.1) is 9.82 Å². The summed E-state index contributed by atoms with van der Waals surface area (Å²) in [6, 6.07) is 3.40. The maximum atomic E-state index is 12.7. The zero-order valence-electron chi connectivity index (χ0n) is 13.0. The molecule has 1 aromatic carbocycles. The monoisotopic (exact) mass is 341 g/mol. The summed E-state index contributed by atoms with van der Waals surface area (Å²) < 4.78 is 26.8. The summed E-state index contributed by atoms with van der Waals surface area (Å²) in [6.07, 6.45) is 2.51. The molecule has 1 amide bonds. The minimum atomic E-state index is -3.80. The van der Waals surface area contributed by atoms with Crippen molar-refractivity contribution < 1.29 is 18.1 Å². The van der Waals surface area contributed by atoms with Crippen LogP contribution in [-0.2, 0) is 14.8 Å². The minimum Gasteiger partial charge on any atom is -0.321 e. The Hall–Kier alpha value is -2.00. The number of carbonyl (C=O) groups excluding carboxylic acids is 1. The van der Waals surface area contributed by atoms with Crippen LogP contribution in [0.3, 0.4) is 0 Å². The van der Waals surface area contributed by atoms with E-state index >= 15 is 0 Å². The molecular formula is C14H19N3O5S. The van der Waals surface area contributed by atoms with Crippen molar-refractivity contribution >= 4 is 27.3 Å². The van der Waals surface area contributed by atoms with Crippen LogP contribution in [0.5, 0.6) is 0 Å². The van der Waals surface area contributed by atoms with Crippen molar-refractivity contribution in [3.05, 3.63) is 28.3 Å². The SMILES string of the molecule is CC(=O)Nc1ccc(S(=O)(=O)N2CCCC[C@H]2C)cc1[N+](=O)[O-]. The number of nitrogens with one attached hydrogen (secondary N) is 1. The lowest BCUT2D eigenvalue weighted by molar-refractivity contribution is -0.384. The fourth-order valence-corrected chi connectivity index (χ4v) is 4.40. The van der Waals surface area contributed by atoms with Crippen molar-refractivity contribution in [1.29, 1.82) is 0 Å². The van der Waals surface area contributed by atoms with Gasteiger partial charge in [0.1, 0.15) is 5.69 Å². The lowest BCUT2D eigenvalue weighted by Crippen LogP contribution is -2.41. The van der Waals surface area contributed by atoms with E-state index in [0.717, 1.165) is 25.3 Å². The van der Waals surface area contributed by atoms with Crippen LogP contribution in [0.15, 0.2) is 23.1 Å². The number of nitrogens with zero attached hydrogens (tertiary/aromatic N) is 2. The minimum absolute atomic E-state index is 0.0202. The highest BCUT2D eigenvalue weighted by Gasteiger charge is 2.32. The number of carbonyl (C=O) groups is 1. The summed E-state index contributed by atoms with van der Waals surface area (Å²) in [7, 11) is -3.80. The van der Waals surface area contributed by atoms with Gasteiger partial charge in [0, 0.05) is 25.6 Å². The molecule has 1 aliphatic heterocycles. The van der Waals surface area contributed by atoms with Crippen molar-refractivity contribution in [3.63, 3.8) is 0 Å². The summed E-state index contributed by atoms with van der Waals surface area (Å²) in [4.78, 5) is 21.4. The van der Waals surface area contributed by atoms with Gasteiger partial charge in [-0.3, -0.25) is 14.9 Å². The maximum absolute atomic E-state index is 12.7. The molecule has 23 heavy (non-hydrogen) atoms. The average Bonchev–Trinajstić information content (AvgIpc) is 2.46. The van der Waals surface area contributed by atoms with Gasteiger partial charge in [0.15, 0.2) is 0 Å². The van der Waals surface area contributed by atoms with E-state index in [2.05, 4.69) is 5.32 Å². The van der Waals surface area contributed by atoms with Crippen LogP contribution in [0.25, 0.3) is 0 Å². The van der Waals surface area contributed by atoms with E-state index in [1.807, 2.05) is 6.92 Å². The van der Waals surface area contributed by atoms with E-state index in [0.29, 0.717) is 6.54 Å². The Labute approximate surface area is 134 Å². The number of anilines is 1. The number of amides is 1. The van der Waals surface area contributed by atoms with E-state index in [4.69, 9.17) is 0 Å². The van der Waals surface area contributed by atoms with E-state index < -0.39 is 26.5 Å². The molecule has 9 heteroatoms. The molecule has 0 radical (unpaired) electrons. The predicted molar refractivity (Wildman–Crippen MR) is 84.6 cm³/mol. The van der Waals surface area contributed by atoms with Gasteiger partial charge in [0.2, 0.25) is 15.9 Å². The molecule has 2 rings (SSSR count). The van der Waals surface area contributed by atoms with Crippen LogP contribution in [0.4, 0.5) is 11.4 Å². The van der Waals surface area contributed by atoms with Crippen molar-refractivity contribution in [2.75, 3.05) is 11.9 Å². The molecule has 126 valence electrons. The van der Waals surface area contributed by atoms with Gasteiger partial charge in [-0.2, -0.15) is 4.31 Å². The molecule has 8 nitrogen and oxygen atoms in total. The van der Waals surface area contributed by atoms with Gasteiger partial charge >= 0.3 is 0 Å². The second kappa shape index (κ2) is 6.63. The van der Waals surface area contributed by atoms with Crippen molar-refractivity contribution in [2.45, 2.75) is 44.0 Å². The zero-order valence-corrected chi connectivity index (χ0v) is 13.8. The van der Waals surface area contributed by atoms with E-state index in [-0.39, 0.29) is 16.6 Å². The third-order valence-electron chi connectivity index (χ3n) is 3.83. The van der Waals surface area contributed by atoms with Crippen molar-refractivity contribution in [2.24, 2.45) is 0 Å². The smallest absolute Gasteiger partial charge is 0.294 e. The quantitative estimate of drug-likeness (QED) is 0.666. The summed E-state index contributed by atoms with van der Waals surface area (Å²) >= 11 is 0. The van der Waals surface area contributed by atoms with Gasteiger partial charge < -0.3 is 5.32 Å². The Morgan fingerprint density at radius 1 is 1.39 bits per heavy atom. The molecule has 0 spiro atoms. The van der Waals surface area contributed by atoms with E-state index in [1.165, 1.54) is 23.4 Å². The second-order valence-electron chi connectivity index (χ2n) is 5.58. The number of benzene rings is 1. The van der Waals surface area contributed by atoms with Crippen LogP contribution < -0.4 is 5.32 Å². The number of nitro groups is 1. The molecule has 0 bridgehead atoms. The third-order valence-corrected chi connectivity index (χ3v) is 5.83. The molecule has 0 saturated carbocycles. The molecule has 0 aliphatic carbocycles. The number of nitro benzene ring substituents is 1. The van der Waals surface area contributed by atoms with Crippen LogP contribution >= 0.6 is 0 Å². The number of hydrogen-bond donors (Lipinski definition) is 1. The fourth-order valence-electron chi connectivity index (χ4n) is 2.68. The summed E-state index contributed by atoms with van der Waals surface area (Å²) in [5.74, 6) is -0.464. The fraction of sp³-hybridized carbons (Fsp3) is 0.500. The standard InChI is InChI=1S/C14H19N3O5S/c1-10-5-3-4-8-16(10)23(21,22)12-6-7-13(15-11(2)18)14(9-12)17(19)20/h6-7,9-10H,3-5,8H2,1-2H3,(H,15,18)/t10-/m1/s1. The van der Waals surface area contributed by atoms with Gasteiger partial charge in [-0.25, -0.2) is 8.42 Å². The maximum Gasteiger partial charge on any atom is 0.294 e. The van der Waals surface area contributed by atoms with Crippen LogP contribution in [0.2, 0.25) is 0 Å². The molecule has 1 heterocycles. The molecule has 1 aliphatic rings. The zero-order chi connectivity index (χ0) is 17.2. The number of rotatable bonds is 4. The molecule has 1 saturated heterocycles. The summed E-state index contributed by atoms with van der Waals surface area (Å²) in [5.41, 5.74) is -0.459. The van der Waals surface area contributed by atoms with Crippen LogP contribution in [-0.4, -0.2) is 36.1 Å². The number of hydrogen-bond acceptors (Lipinski definition) is 5. The van der Waals surface area contributed by atoms with Crippen molar-refractivity contribution in [1.82, 2.24) is 4.31 Å². The van der Waals surface area contributed by atoms with Crippen LogP contribution in [0, 0.1) is 10.1 Å². The first-order valence-electron chi connectivity index (χ1n) is 7.31. The Morgan fingerprint density at radius 2 is 2.09 bits per heavy atom. The molecule has 1 fully saturated rings. The van der Waals surface area contributed by atoms with Crippen LogP contribution in [0.1, 0.15) is 33.1 Å². The molecule has 1 N–H and O–H groups in total. The Morgan fingerprint density at radius 3 is 2.65 bits per heavy atom. The Kier molecular flexibility index (Phi) is 5.00. The first-order valence-corrected chi connectivity index (χ1v) is 8.75. The predicted octanol–water partition coefficient (Wildman–Crippen LogP) is 2.12. The molecule has 0 unspecified atom stereocenters. The highest BCUT2D eigenvalue weighted by Crippen LogP contribution is 2.31. The van der Waals surface area contributed by atoms with Crippen molar-refractivity contribution in [3.8, 4) is 0 Å². The molecular weight excluding hydrogens is 322 g/mol. The normalized spacial score (nSPS) is 19.3. The largest absolute Gasteiger partial charge is 0.321 e. The third kappa shape index (κ3) is 3.67. The lowest BCUT2D eigenvalue weighted by Gasteiger charge is -2.32. The first kappa shape index (κ1) is 17.4. The Bertz CT molecular complexity index is 732. The number of piperidine rings is 1. The van der Waals surface area contributed by atoms with Gasteiger partial charge in [-0.05, 0) is 31.9 Å². The average molecular weight is 341 g/mol. The highest BCUT2D eigenvalue weighted by molar-refractivity contribution is 7.89. The molecule has 1 atom stereocenters. The van der Waals surface area contributed by atoms with Gasteiger partial charge in [0.25, 0.3) is 5.69 Å². The van der Waals surface area contributed by atoms with E-state index in [9.17, 15) is 23.3 Å². The number of sulfonamides is 1. The Balaban J connectivity index is 2.44. The highest BCUT2D eigenvalue weighted by atomic mass is 32.2. The summed E-state index contributed by atoms with van der Waals surface area (Å²) in [6.45, 7) is 3.46. The van der Waals surface area contributed by atoms with E-state index in [1.54, 1.807) is 0 Å². The first-order chi connectivity index (χ1) is 10.7. The molecule has 1 aromatic rings. The second-order valence-corrected chi connectivity index (χ2v) is 7.47. The van der Waals surface area contributed by atoms with Gasteiger partial charge in [-0.1, -0.05) is 6.42 Å². The lowest BCUT2D eigenvalue weighted by atomic mass is 10.1.